The van der Waals surface area contributed by atoms with Gasteiger partial charge in [-0.25, -0.2) is 15.0 Å². The predicted molar refractivity (Wildman–Crippen MR) is 233 cm³/mol. The lowest BCUT2D eigenvalue weighted by Crippen LogP contribution is -2.34. The Hall–Kier alpha value is -7.63. The molecule has 274 valence electrons. The molecule has 0 radical (unpaired) electrons. The summed E-state index contributed by atoms with van der Waals surface area (Å²) in [5.41, 5.74) is 12.6. The first kappa shape index (κ1) is 33.7. The van der Waals surface area contributed by atoms with Crippen molar-refractivity contribution in [2.75, 3.05) is 0 Å². The minimum Gasteiger partial charge on any atom is -0.477 e. The van der Waals surface area contributed by atoms with Gasteiger partial charge in [0.25, 0.3) is 0 Å². The minimum absolute atomic E-state index is 0.582. The van der Waals surface area contributed by atoms with Crippen LogP contribution in [0.1, 0.15) is 18.1 Å². The topological polar surface area (TPSA) is 61.0 Å². The second-order valence-corrected chi connectivity index (χ2v) is 14.8. The first-order valence-electron chi connectivity index (χ1n) is 19.5. The van der Waals surface area contributed by atoms with Gasteiger partial charge in [-0.15, -0.1) is 0 Å². The molecule has 58 heavy (non-hydrogen) atoms. The van der Waals surface area contributed by atoms with Gasteiger partial charge < -0.3 is 9.15 Å². The molecule has 10 aromatic rings. The lowest BCUT2D eigenvalue weighted by Gasteiger charge is -2.39. The van der Waals surface area contributed by atoms with Gasteiger partial charge in [0.2, 0.25) is 0 Å². The average Bonchev–Trinajstić information content (AvgIpc) is 3.69. The number of hydrogen-bond acceptors (Lipinski definition) is 5. The van der Waals surface area contributed by atoms with Crippen molar-refractivity contribution in [3.05, 3.63) is 205 Å². The van der Waals surface area contributed by atoms with Crippen LogP contribution in [0.3, 0.4) is 0 Å². The van der Waals surface area contributed by atoms with Crippen LogP contribution in [0, 0.1) is 0 Å². The molecule has 0 bridgehead atoms. The van der Waals surface area contributed by atoms with Crippen LogP contribution in [-0.2, 0) is 5.60 Å². The Bertz CT molecular complexity index is 3160. The van der Waals surface area contributed by atoms with E-state index in [1.807, 2.05) is 42.5 Å². The van der Waals surface area contributed by atoms with Crippen molar-refractivity contribution in [3.8, 4) is 73.3 Å². The van der Waals surface area contributed by atoms with Gasteiger partial charge in [0, 0.05) is 38.6 Å². The van der Waals surface area contributed by atoms with Crippen molar-refractivity contribution in [1.82, 2.24) is 15.0 Å². The number of fused-ring (bicyclic) bond motifs is 6. The van der Waals surface area contributed by atoms with Crippen LogP contribution in [0.25, 0.3) is 89.5 Å². The van der Waals surface area contributed by atoms with Crippen molar-refractivity contribution in [3.63, 3.8) is 0 Å². The Kier molecular flexibility index (Phi) is 7.86. The number of hydrogen-bond donors (Lipinski definition) is 0. The maximum absolute atomic E-state index is 6.95. The minimum atomic E-state index is -0.630. The summed E-state index contributed by atoms with van der Waals surface area (Å²) in [5.74, 6) is 2.62. The molecule has 0 saturated carbocycles. The number of nitrogens with zero attached hydrogens (tertiary/aromatic N) is 3. The smallest absolute Gasteiger partial charge is 0.164 e. The van der Waals surface area contributed by atoms with E-state index in [1.165, 1.54) is 5.56 Å². The van der Waals surface area contributed by atoms with Crippen LogP contribution in [0.4, 0.5) is 0 Å². The van der Waals surface area contributed by atoms with E-state index in [2.05, 4.69) is 159 Å². The van der Waals surface area contributed by atoms with Gasteiger partial charge in [-0.05, 0) is 64.6 Å². The van der Waals surface area contributed by atoms with Gasteiger partial charge in [0.1, 0.15) is 16.9 Å². The van der Waals surface area contributed by atoms with Gasteiger partial charge in [-0.1, -0.05) is 170 Å². The number of furan rings is 1. The zero-order valence-corrected chi connectivity index (χ0v) is 31.6. The molecule has 1 atom stereocenters. The summed E-state index contributed by atoms with van der Waals surface area (Å²) in [5, 5.41) is 2.00. The quantitative estimate of drug-likeness (QED) is 0.170. The molecule has 1 aliphatic rings. The molecule has 1 aliphatic heterocycles. The van der Waals surface area contributed by atoms with Gasteiger partial charge in [-0.3, -0.25) is 0 Å². The van der Waals surface area contributed by atoms with Crippen LogP contribution in [-0.4, -0.2) is 15.0 Å². The standard InChI is InChI=1S/C53H35N3O2/c1-53(39-19-6-3-7-20-39)44-25-10-8-21-41(44)48-40(23-13-28-47(48)58-53)35-29-31-36(32-30-35)50-54-51(38-18-12-17-37(33-38)34-15-4-2-5-16-34)56-52(55-50)43-24-14-27-46-49(43)42-22-9-11-26-45(42)57-46/h2-33H,1H3. The van der Waals surface area contributed by atoms with Crippen LogP contribution in [0.2, 0.25) is 0 Å². The van der Waals surface area contributed by atoms with Crippen molar-refractivity contribution in [1.29, 1.82) is 0 Å². The number of rotatable bonds is 6. The number of ether oxygens (including phenoxy) is 1. The largest absolute Gasteiger partial charge is 0.477 e. The molecule has 0 spiro atoms. The van der Waals surface area contributed by atoms with E-state index in [-0.39, 0.29) is 0 Å². The van der Waals surface area contributed by atoms with Crippen LogP contribution >= 0.6 is 0 Å². The Morgan fingerprint density at radius 1 is 0.414 bits per heavy atom. The average molecular weight is 746 g/mol. The molecule has 5 nitrogen and oxygen atoms in total. The molecule has 1 unspecified atom stereocenters. The van der Waals surface area contributed by atoms with Crippen LogP contribution < -0.4 is 4.74 Å². The van der Waals surface area contributed by atoms with Crippen molar-refractivity contribution in [2.45, 2.75) is 12.5 Å². The van der Waals surface area contributed by atoms with E-state index in [9.17, 15) is 0 Å². The van der Waals surface area contributed by atoms with E-state index in [0.29, 0.717) is 17.5 Å². The van der Waals surface area contributed by atoms with E-state index in [0.717, 1.165) is 83.3 Å². The Balaban J connectivity index is 1.04. The van der Waals surface area contributed by atoms with Gasteiger partial charge >= 0.3 is 0 Å². The molecule has 0 saturated heterocycles. The second-order valence-electron chi connectivity index (χ2n) is 14.8. The summed E-state index contributed by atoms with van der Waals surface area (Å²) in [6.07, 6.45) is 0. The fraction of sp³-hybridized carbons (Fsp3) is 0.0377. The SMILES string of the molecule is CC1(c2ccccc2)Oc2cccc(-c3ccc(-c4nc(-c5cccc(-c6ccccc6)c5)nc(-c5cccc6oc7ccccc7c56)n4)cc3)c2-c2ccccc21. The fourth-order valence-corrected chi connectivity index (χ4v) is 8.48. The summed E-state index contributed by atoms with van der Waals surface area (Å²) >= 11 is 0. The molecule has 5 heteroatoms. The Labute approximate surface area is 335 Å². The summed E-state index contributed by atoms with van der Waals surface area (Å²) < 4.78 is 13.2. The molecule has 11 rings (SSSR count). The first-order valence-corrected chi connectivity index (χ1v) is 19.5. The molecule has 0 N–H and O–H groups in total. The molecular formula is C53H35N3O2. The predicted octanol–water partition coefficient (Wildman–Crippen LogP) is 13.4. The second kappa shape index (κ2) is 13.5. The molecular weight excluding hydrogens is 711 g/mol. The van der Waals surface area contributed by atoms with Crippen LogP contribution in [0.15, 0.2) is 199 Å². The van der Waals surface area contributed by atoms with E-state index >= 15 is 0 Å². The number of aromatic nitrogens is 3. The van der Waals surface area contributed by atoms with Crippen molar-refractivity contribution < 1.29 is 9.15 Å². The number of benzene rings is 8. The fourth-order valence-electron chi connectivity index (χ4n) is 8.48. The van der Waals surface area contributed by atoms with E-state index in [1.54, 1.807) is 0 Å². The molecule has 0 aliphatic carbocycles. The third kappa shape index (κ3) is 5.59. The van der Waals surface area contributed by atoms with Crippen molar-refractivity contribution in [2.24, 2.45) is 0 Å². The molecule has 2 aromatic heterocycles. The Morgan fingerprint density at radius 3 is 1.84 bits per heavy atom. The summed E-state index contributed by atoms with van der Waals surface area (Å²) in [4.78, 5) is 15.5. The monoisotopic (exact) mass is 745 g/mol. The third-order valence-electron chi connectivity index (χ3n) is 11.3. The lowest BCUT2D eigenvalue weighted by molar-refractivity contribution is 0.129. The van der Waals surface area contributed by atoms with Crippen LogP contribution in [0.5, 0.6) is 5.75 Å². The van der Waals surface area contributed by atoms with Crippen molar-refractivity contribution >= 4 is 21.9 Å². The Morgan fingerprint density at radius 2 is 1.00 bits per heavy atom. The summed E-state index contributed by atoms with van der Waals surface area (Å²) in [7, 11) is 0. The summed E-state index contributed by atoms with van der Waals surface area (Å²) in [6, 6.07) is 66.8. The lowest BCUT2D eigenvalue weighted by atomic mass is 9.79. The normalized spacial score (nSPS) is 14.5. The molecule has 0 fully saturated rings. The molecule has 0 amide bonds. The first-order chi connectivity index (χ1) is 28.6. The zero-order chi connectivity index (χ0) is 38.6. The highest BCUT2D eigenvalue weighted by Crippen LogP contribution is 2.51. The molecule has 8 aromatic carbocycles. The van der Waals surface area contributed by atoms with E-state index in [4.69, 9.17) is 24.1 Å². The maximum Gasteiger partial charge on any atom is 0.164 e. The number of para-hydroxylation sites is 1. The zero-order valence-electron chi connectivity index (χ0n) is 31.6. The van der Waals surface area contributed by atoms with Gasteiger partial charge in [0.05, 0.1) is 0 Å². The molecule has 3 heterocycles. The van der Waals surface area contributed by atoms with E-state index < -0.39 is 5.60 Å². The third-order valence-corrected chi connectivity index (χ3v) is 11.3. The maximum atomic E-state index is 6.95. The highest BCUT2D eigenvalue weighted by atomic mass is 16.5. The highest BCUT2D eigenvalue weighted by molar-refractivity contribution is 6.11. The van der Waals surface area contributed by atoms with Gasteiger partial charge in [0.15, 0.2) is 23.1 Å². The summed E-state index contributed by atoms with van der Waals surface area (Å²) in [6.45, 7) is 2.16. The highest BCUT2D eigenvalue weighted by Gasteiger charge is 2.39. The van der Waals surface area contributed by atoms with Gasteiger partial charge in [-0.2, -0.15) is 0 Å².